The molecule has 1 aliphatic carbocycles. The number of rotatable bonds is 7. The van der Waals surface area contributed by atoms with Gasteiger partial charge in [-0.2, -0.15) is 5.10 Å². The van der Waals surface area contributed by atoms with Crippen LogP contribution in [0.4, 0.5) is 5.00 Å². The van der Waals surface area contributed by atoms with Crippen LogP contribution >= 0.6 is 27.3 Å². The van der Waals surface area contributed by atoms with Crippen LogP contribution in [0.1, 0.15) is 51.1 Å². The van der Waals surface area contributed by atoms with Crippen molar-refractivity contribution < 1.29 is 19.1 Å². The first-order chi connectivity index (χ1) is 15.0. The van der Waals surface area contributed by atoms with Gasteiger partial charge in [-0.1, -0.05) is 15.9 Å². The lowest BCUT2D eigenvalue weighted by Crippen LogP contribution is -2.17. The zero-order valence-electron chi connectivity index (χ0n) is 17.0. The molecule has 4 rings (SSSR count). The van der Waals surface area contributed by atoms with E-state index in [1.807, 2.05) is 24.3 Å². The number of amides is 1. The molecule has 1 aliphatic rings. The van der Waals surface area contributed by atoms with Crippen molar-refractivity contribution >= 4 is 44.1 Å². The van der Waals surface area contributed by atoms with Gasteiger partial charge in [-0.25, -0.2) is 9.48 Å². The summed E-state index contributed by atoms with van der Waals surface area (Å²) in [5, 5.41) is 7.70. The Kier molecular flexibility index (Phi) is 6.72. The number of benzene rings is 1. The molecule has 9 heteroatoms. The van der Waals surface area contributed by atoms with E-state index in [1.165, 1.54) is 11.3 Å². The van der Waals surface area contributed by atoms with Gasteiger partial charge in [0.15, 0.2) is 12.4 Å². The van der Waals surface area contributed by atoms with E-state index in [4.69, 9.17) is 9.47 Å². The maximum absolute atomic E-state index is 12.8. The molecule has 31 heavy (non-hydrogen) atoms. The fourth-order valence-electron chi connectivity index (χ4n) is 3.47. The first-order valence-electron chi connectivity index (χ1n) is 10.1. The second kappa shape index (κ2) is 9.65. The largest absolute Gasteiger partial charge is 0.471 e. The van der Waals surface area contributed by atoms with Gasteiger partial charge < -0.3 is 14.8 Å². The van der Waals surface area contributed by atoms with E-state index in [2.05, 4.69) is 26.3 Å². The van der Waals surface area contributed by atoms with Gasteiger partial charge in [0.2, 0.25) is 0 Å². The summed E-state index contributed by atoms with van der Waals surface area (Å²) in [4.78, 5) is 26.5. The number of thiophene rings is 1. The van der Waals surface area contributed by atoms with Gasteiger partial charge in [0, 0.05) is 15.5 Å². The number of aryl methyl sites for hydroxylation is 1. The predicted molar refractivity (Wildman–Crippen MR) is 122 cm³/mol. The maximum Gasteiger partial charge on any atom is 0.341 e. The number of carbonyl (C=O) groups excluding carboxylic acids is 2. The van der Waals surface area contributed by atoms with Crippen LogP contribution < -0.4 is 10.1 Å². The number of hydrogen-bond acceptors (Lipinski definition) is 6. The molecule has 3 aromatic rings. The molecule has 0 bridgehead atoms. The Labute approximate surface area is 192 Å². The van der Waals surface area contributed by atoms with E-state index in [1.54, 1.807) is 23.9 Å². The Morgan fingerprint density at radius 3 is 2.74 bits per heavy atom. The Hall–Kier alpha value is -2.65. The van der Waals surface area contributed by atoms with E-state index < -0.39 is 0 Å². The van der Waals surface area contributed by atoms with Crippen LogP contribution in [0.2, 0.25) is 0 Å². The summed E-state index contributed by atoms with van der Waals surface area (Å²) in [6, 6.07) is 9.09. The van der Waals surface area contributed by atoms with E-state index >= 15 is 0 Å². The topological polar surface area (TPSA) is 82.5 Å². The maximum atomic E-state index is 12.8. The number of anilines is 1. The third-order valence-electron chi connectivity index (χ3n) is 4.93. The van der Waals surface area contributed by atoms with E-state index in [-0.39, 0.29) is 24.3 Å². The normalized spacial score (nSPS) is 12.8. The zero-order valence-corrected chi connectivity index (χ0v) is 19.4. The number of hydrogen-bond donors (Lipinski definition) is 1. The van der Waals surface area contributed by atoms with E-state index in [9.17, 15) is 9.59 Å². The fourth-order valence-corrected chi connectivity index (χ4v) is 5.00. The summed E-state index contributed by atoms with van der Waals surface area (Å²) < 4.78 is 13.4. The van der Waals surface area contributed by atoms with Gasteiger partial charge in [0.25, 0.3) is 5.91 Å². The van der Waals surface area contributed by atoms with E-state index in [0.29, 0.717) is 22.9 Å². The number of esters is 1. The molecule has 0 saturated heterocycles. The highest BCUT2D eigenvalue weighted by molar-refractivity contribution is 9.10. The number of aromatic nitrogens is 2. The highest BCUT2D eigenvalue weighted by Crippen LogP contribution is 2.38. The van der Waals surface area contributed by atoms with Crippen LogP contribution in [0.15, 0.2) is 41.0 Å². The molecule has 162 valence electrons. The summed E-state index contributed by atoms with van der Waals surface area (Å²) >= 11 is 4.84. The molecular formula is C22H22BrN3O4S. The average Bonchev–Trinajstić information content (AvgIpc) is 3.38. The molecule has 0 spiro atoms. The van der Waals surface area contributed by atoms with Crippen LogP contribution in [0.5, 0.6) is 5.75 Å². The van der Waals surface area contributed by atoms with E-state index in [0.717, 1.165) is 40.6 Å². The van der Waals surface area contributed by atoms with Gasteiger partial charge in [0.1, 0.15) is 10.8 Å². The Balaban J connectivity index is 1.46. The highest BCUT2D eigenvalue weighted by atomic mass is 79.9. The van der Waals surface area contributed by atoms with Crippen molar-refractivity contribution in [3.63, 3.8) is 0 Å². The third-order valence-corrected chi connectivity index (χ3v) is 6.66. The van der Waals surface area contributed by atoms with Crippen molar-refractivity contribution in [2.24, 2.45) is 0 Å². The number of nitrogens with one attached hydrogen (secondary N) is 1. The Morgan fingerprint density at radius 1 is 1.19 bits per heavy atom. The molecule has 7 nitrogen and oxygen atoms in total. The summed E-state index contributed by atoms with van der Waals surface area (Å²) in [5.41, 5.74) is 1.76. The molecule has 1 aromatic carbocycles. The van der Waals surface area contributed by atoms with Crippen molar-refractivity contribution in [3.8, 4) is 5.75 Å². The molecule has 0 fully saturated rings. The standard InChI is InChI=1S/C22H22BrN3O4S/c1-2-29-22(28)19-16-5-3-4-6-18(16)31-21(19)24-20(27)17-11-12-26(25-17)13-30-15-9-7-14(23)8-10-15/h7-12H,2-6,13H2,1H3,(H,24,27). The zero-order chi connectivity index (χ0) is 21.8. The summed E-state index contributed by atoms with van der Waals surface area (Å²) in [6.07, 6.45) is 5.56. The summed E-state index contributed by atoms with van der Waals surface area (Å²) in [7, 11) is 0. The third kappa shape index (κ3) is 4.99. The molecule has 1 amide bonds. The molecule has 0 radical (unpaired) electrons. The van der Waals surface area contributed by atoms with Crippen LogP contribution in [0.25, 0.3) is 0 Å². The fraction of sp³-hybridized carbons (Fsp3) is 0.318. The number of carbonyl (C=O) groups is 2. The van der Waals surface area contributed by atoms with Crippen LogP contribution in [-0.4, -0.2) is 28.3 Å². The Morgan fingerprint density at radius 2 is 1.97 bits per heavy atom. The molecule has 0 unspecified atom stereocenters. The second-order valence-corrected chi connectivity index (χ2v) is 9.08. The molecule has 0 aliphatic heterocycles. The predicted octanol–water partition coefficient (Wildman–Crippen LogP) is 5.05. The minimum atomic E-state index is -0.384. The molecular weight excluding hydrogens is 482 g/mol. The summed E-state index contributed by atoms with van der Waals surface area (Å²) in [6.45, 7) is 2.24. The van der Waals surface area contributed by atoms with Crippen LogP contribution in [0.3, 0.4) is 0 Å². The second-order valence-electron chi connectivity index (χ2n) is 7.06. The Bertz CT molecular complexity index is 1090. The first kappa shape index (κ1) is 21.6. The minimum absolute atomic E-state index is 0.177. The summed E-state index contributed by atoms with van der Waals surface area (Å²) in [5.74, 6) is -0.0508. The van der Waals surface area contributed by atoms with Crippen LogP contribution in [-0.2, 0) is 24.3 Å². The highest BCUT2D eigenvalue weighted by Gasteiger charge is 2.27. The van der Waals surface area contributed by atoms with Gasteiger partial charge in [-0.15, -0.1) is 11.3 Å². The van der Waals surface area contributed by atoms with Crippen molar-refractivity contribution in [1.82, 2.24) is 9.78 Å². The lowest BCUT2D eigenvalue weighted by Gasteiger charge is -2.12. The average molecular weight is 504 g/mol. The van der Waals surface area contributed by atoms with Crippen molar-refractivity contribution in [2.75, 3.05) is 11.9 Å². The van der Waals surface area contributed by atoms with Crippen LogP contribution in [0, 0.1) is 0 Å². The monoisotopic (exact) mass is 503 g/mol. The van der Waals surface area contributed by atoms with Gasteiger partial charge in [0.05, 0.1) is 12.2 Å². The number of nitrogens with zero attached hydrogens (tertiary/aromatic N) is 2. The molecule has 0 saturated carbocycles. The SMILES string of the molecule is CCOC(=O)c1c(NC(=O)c2ccn(COc3ccc(Br)cc3)n2)sc2c1CCCC2. The number of ether oxygens (including phenoxy) is 2. The molecule has 1 N–H and O–H groups in total. The molecule has 2 aromatic heterocycles. The lowest BCUT2D eigenvalue weighted by atomic mass is 9.95. The molecule has 2 heterocycles. The van der Waals surface area contributed by atoms with Gasteiger partial charge >= 0.3 is 5.97 Å². The molecule has 0 atom stereocenters. The van der Waals surface area contributed by atoms with Crippen molar-refractivity contribution in [3.05, 3.63) is 62.7 Å². The quantitative estimate of drug-likeness (QED) is 0.456. The first-order valence-corrected chi connectivity index (χ1v) is 11.7. The number of halogens is 1. The smallest absolute Gasteiger partial charge is 0.341 e. The van der Waals surface area contributed by atoms with Gasteiger partial charge in [-0.05, 0) is 68.5 Å². The van der Waals surface area contributed by atoms with Gasteiger partial charge in [-0.3, -0.25) is 4.79 Å². The van der Waals surface area contributed by atoms with Crippen molar-refractivity contribution in [2.45, 2.75) is 39.3 Å². The number of fused-ring (bicyclic) bond motifs is 1. The lowest BCUT2D eigenvalue weighted by molar-refractivity contribution is 0.0526. The minimum Gasteiger partial charge on any atom is -0.471 e. The van der Waals surface area contributed by atoms with Crippen molar-refractivity contribution in [1.29, 1.82) is 0 Å².